The fourth-order valence-corrected chi connectivity index (χ4v) is 1.40. The molecular formula is C11H16N2O3. The van der Waals surface area contributed by atoms with Gasteiger partial charge in [0.1, 0.15) is 5.82 Å². The van der Waals surface area contributed by atoms with Crippen LogP contribution in [0.4, 0.5) is 5.82 Å². The van der Waals surface area contributed by atoms with Gasteiger partial charge in [0.15, 0.2) is 0 Å². The molecule has 0 fully saturated rings. The minimum absolute atomic E-state index is 0.143. The first kappa shape index (κ1) is 12.4. The summed E-state index contributed by atoms with van der Waals surface area (Å²) in [7, 11) is 0. The fraction of sp³-hybridized carbons (Fsp3) is 0.455. The van der Waals surface area contributed by atoms with Crippen molar-refractivity contribution < 1.29 is 15.0 Å². The molecule has 0 saturated carbocycles. The first-order chi connectivity index (χ1) is 7.69. The fourth-order valence-electron chi connectivity index (χ4n) is 1.40. The Balaban J connectivity index is 2.74. The first-order valence-electron chi connectivity index (χ1n) is 5.24. The number of aliphatic hydroxyl groups excluding tert-OH is 1. The van der Waals surface area contributed by atoms with E-state index in [2.05, 4.69) is 4.98 Å². The van der Waals surface area contributed by atoms with Gasteiger partial charge >= 0.3 is 5.97 Å². The molecule has 1 rings (SSSR count). The van der Waals surface area contributed by atoms with Crippen LogP contribution in [-0.2, 0) is 0 Å². The predicted octanol–water partition coefficient (Wildman–Crippen LogP) is 0.989. The minimum Gasteiger partial charge on any atom is -0.478 e. The lowest BCUT2D eigenvalue weighted by atomic mass is 10.3. The Kier molecular flexibility index (Phi) is 4.72. The normalized spacial score (nSPS) is 10.1. The van der Waals surface area contributed by atoms with Crippen LogP contribution in [0.15, 0.2) is 18.3 Å². The van der Waals surface area contributed by atoms with Gasteiger partial charge in [0.05, 0.1) is 5.56 Å². The molecule has 2 N–H and O–H groups in total. The van der Waals surface area contributed by atoms with Crippen LogP contribution >= 0.6 is 0 Å². The lowest BCUT2D eigenvalue weighted by Crippen LogP contribution is -2.25. The monoisotopic (exact) mass is 224 g/mol. The number of pyridine rings is 1. The molecule has 5 heteroatoms. The van der Waals surface area contributed by atoms with Crippen LogP contribution in [0.5, 0.6) is 0 Å². The minimum atomic E-state index is -0.975. The number of carboxylic acid groups (broad SMARTS) is 1. The number of aromatic carboxylic acids is 1. The third-order valence-electron chi connectivity index (χ3n) is 2.29. The summed E-state index contributed by atoms with van der Waals surface area (Å²) in [6.45, 7) is 3.62. The van der Waals surface area contributed by atoms with Gasteiger partial charge in [0.2, 0.25) is 0 Å². The molecule has 0 aliphatic carbocycles. The number of carbonyl (C=O) groups is 1. The second-order valence-electron chi connectivity index (χ2n) is 3.37. The van der Waals surface area contributed by atoms with E-state index in [0.29, 0.717) is 13.0 Å². The number of hydrogen-bond acceptors (Lipinski definition) is 4. The van der Waals surface area contributed by atoms with Gasteiger partial charge < -0.3 is 15.1 Å². The molecule has 0 unspecified atom stereocenters. The van der Waals surface area contributed by atoms with Gasteiger partial charge in [-0.1, -0.05) is 0 Å². The van der Waals surface area contributed by atoms with Crippen molar-refractivity contribution in [1.29, 1.82) is 0 Å². The van der Waals surface area contributed by atoms with Crippen LogP contribution in [0.2, 0.25) is 0 Å². The molecule has 0 radical (unpaired) electrons. The van der Waals surface area contributed by atoms with Crippen molar-refractivity contribution in [2.24, 2.45) is 0 Å². The van der Waals surface area contributed by atoms with E-state index in [1.165, 1.54) is 12.3 Å². The average molecular weight is 224 g/mol. The highest BCUT2D eigenvalue weighted by Crippen LogP contribution is 2.11. The van der Waals surface area contributed by atoms with Crippen molar-refractivity contribution in [2.45, 2.75) is 13.3 Å². The third-order valence-corrected chi connectivity index (χ3v) is 2.29. The van der Waals surface area contributed by atoms with Crippen molar-refractivity contribution in [3.05, 3.63) is 23.9 Å². The van der Waals surface area contributed by atoms with E-state index >= 15 is 0 Å². The van der Waals surface area contributed by atoms with E-state index in [1.54, 1.807) is 6.07 Å². The Bertz CT molecular complexity index is 338. The van der Waals surface area contributed by atoms with Gasteiger partial charge in [-0.05, 0) is 25.5 Å². The highest BCUT2D eigenvalue weighted by atomic mass is 16.4. The summed E-state index contributed by atoms with van der Waals surface area (Å²) in [6, 6.07) is 3.22. The molecule has 16 heavy (non-hydrogen) atoms. The molecule has 5 nitrogen and oxygen atoms in total. The standard InChI is InChI=1S/C11H16N2O3/c1-2-13(6-3-7-14)10-5-4-9(8-12-10)11(15)16/h4-5,8,14H,2-3,6-7H2,1H3,(H,15,16). The van der Waals surface area contributed by atoms with Crippen LogP contribution in [0.1, 0.15) is 23.7 Å². The highest BCUT2D eigenvalue weighted by molar-refractivity contribution is 5.87. The lowest BCUT2D eigenvalue weighted by molar-refractivity contribution is 0.0696. The summed E-state index contributed by atoms with van der Waals surface area (Å²) in [5.74, 6) is -0.238. The molecule has 0 spiro atoms. The Morgan fingerprint density at radius 2 is 2.25 bits per heavy atom. The molecule has 88 valence electrons. The smallest absolute Gasteiger partial charge is 0.337 e. The Morgan fingerprint density at radius 3 is 2.69 bits per heavy atom. The number of aromatic nitrogens is 1. The molecule has 0 aromatic carbocycles. The van der Waals surface area contributed by atoms with Gasteiger partial charge in [-0.25, -0.2) is 9.78 Å². The van der Waals surface area contributed by atoms with Crippen LogP contribution in [0.3, 0.4) is 0 Å². The van der Waals surface area contributed by atoms with Crippen LogP contribution < -0.4 is 4.90 Å². The number of carboxylic acids is 1. The van der Waals surface area contributed by atoms with E-state index < -0.39 is 5.97 Å². The summed E-state index contributed by atoms with van der Waals surface area (Å²) in [6.07, 6.45) is 2.02. The number of nitrogens with zero attached hydrogens (tertiary/aromatic N) is 2. The van der Waals surface area contributed by atoms with Crippen molar-refractivity contribution in [3.8, 4) is 0 Å². The van der Waals surface area contributed by atoms with Crippen LogP contribution in [-0.4, -0.2) is 40.9 Å². The van der Waals surface area contributed by atoms with E-state index in [-0.39, 0.29) is 12.2 Å². The number of rotatable bonds is 6. The molecule has 1 heterocycles. The molecule has 0 bridgehead atoms. The van der Waals surface area contributed by atoms with E-state index in [1.807, 2.05) is 11.8 Å². The quantitative estimate of drug-likeness (QED) is 0.753. The Hall–Kier alpha value is -1.62. The maximum atomic E-state index is 10.6. The van der Waals surface area contributed by atoms with Gasteiger partial charge in [-0.3, -0.25) is 0 Å². The molecule has 0 atom stereocenters. The molecular weight excluding hydrogens is 208 g/mol. The summed E-state index contributed by atoms with van der Waals surface area (Å²) < 4.78 is 0. The zero-order valence-electron chi connectivity index (χ0n) is 9.26. The Labute approximate surface area is 94.4 Å². The van der Waals surface area contributed by atoms with E-state index in [4.69, 9.17) is 10.2 Å². The summed E-state index contributed by atoms with van der Waals surface area (Å²) in [5.41, 5.74) is 0.182. The van der Waals surface area contributed by atoms with Crippen LogP contribution in [0, 0.1) is 0 Å². The van der Waals surface area contributed by atoms with E-state index in [0.717, 1.165) is 12.4 Å². The second kappa shape index (κ2) is 6.07. The first-order valence-corrected chi connectivity index (χ1v) is 5.24. The zero-order chi connectivity index (χ0) is 12.0. The molecule has 0 saturated heterocycles. The van der Waals surface area contributed by atoms with Crippen molar-refractivity contribution in [3.63, 3.8) is 0 Å². The van der Waals surface area contributed by atoms with Crippen molar-refractivity contribution in [1.82, 2.24) is 4.98 Å². The third kappa shape index (κ3) is 3.20. The van der Waals surface area contributed by atoms with Gasteiger partial charge in [0.25, 0.3) is 0 Å². The van der Waals surface area contributed by atoms with Gasteiger partial charge in [-0.2, -0.15) is 0 Å². The molecule has 1 aromatic heterocycles. The zero-order valence-corrected chi connectivity index (χ0v) is 9.26. The second-order valence-corrected chi connectivity index (χ2v) is 3.37. The van der Waals surface area contributed by atoms with Crippen molar-refractivity contribution in [2.75, 3.05) is 24.6 Å². The maximum absolute atomic E-state index is 10.6. The topological polar surface area (TPSA) is 73.7 Å². The number of hydrogen-bond donors (Lipinski definition) is 2. The largest absolute Gasteiger partial charge is 0.478 e. The Morgan fingerprint density at radius 1 is 1.50 bits per heavy atom. The van der Waals surface area contributed by atoms with Gasteiger partial charge in [0, 0.05) is 25.9 Å². The van der Waals surface area contributed by atoms with Crippen molar-refractivity contribution >= 4 is 11.8 Å². The SMILES string of the molecule is CCN(CCCO)c1ccc(C(=O)O)cn1. The number of aliphatic hydroxyl groups is 1. The van der Waals surface area contributed by atoms with Gasteiger partial charge in [-0.15, -0.1) is 0 Å². The summed E-state index contributed by atoms with van der Waals surface area (Å²) >= 11 is 0. The summed E-state index contributed by atoms with van der Waals surface area (Å²) in [5, 5.41) is 17.5. The van der Waals surface area contributed by atoms with Crippen LogP contribution in [0.25, 0.3) is 0 Å². The highest BCUT2D eigenvalue weighted by Gasteiger charge is 2.07. The molecule has 0 amide bonds. The lowest BCUT2D eigenvalue weighted by Gasteiger charge is -2.21. The molecule has 0 aliphatic rings. The molecule has 1 aromatic rings. The summed E-state index contributed by atoms with van der Waals surface area (Å²) in [4.78, 5) is 16.7. The maximum Gasteiger partial charge on any atom is 0.337 e. The predicted molar refractivity (Wildman–Crippen MR) is 60.8 cm³/mol. The number of anilines is 1. The molecule has 0 aliphatic heterocycles. The average Bonchev–Trinajstić information content (AvgIpc) is 2.30. The van der Waals surface area contributed by atoms with E-state index in [9.17, 15) is 4.79 Å².